The third-order valence-electron chi connectivity index (χ3n) is 3.69. The number of aromatic nitrogens is 3. The van der Waals surface area contributed by atoms with Crippen LogP contribution in [-0.2, 0) is 19.3 Å². The van der Waals surface area contributed by atoms with Crippen LogP contribution in [0.25, 0.3) is 11.3 Å². The third kappa shape index (κ3) is 5.32. The molecule has 0 saturated carbocycles. The fourth-order valence-electron chi connectivity index (χ4n) is 2.38. The van der Waals surface area contributed by atoms with E-state index in [4.69, 9.17) is 0 Å². The number of alkyl halides is 3. The molecule has 6 nitrogen and oxygen atoms in total. The number of benzene rings is 1. The summed E-state index contributed by atoms with van der Waals surface area (Å²) in [5.74, 6) is 1.16. The summed E-state index contributed by atoms with van der Waals surface area (Å²) in [7, 11) is 0. The summed E-state index contributed by atoms with van der Waals surface area (Å²) < 4.78 is 37.9. The van der Waals surface area contributed by atoms with E-state index in [0.717, 1.165) is 28.0 Å². The predicted octanol–water partition coefficient (Wildman–Crippen LogP) is 3.81. The molecule has 3 N–H and O–H groups in total. The molecule has 2 aromatic heterocycles. The van der Waals surface area contributed by atoms with Crippen LogP contribution in [0, 0.1) is 0 Å². The highest BCUT2D eigenvalue weighted by Gasteiger charge is 2.33. The molecule has 0 aliphatic carbocycles. The maximum Gasteiger partial charge on any atom is 0.434 e. The van der Waals surface area contributed by atoms with Crippen molar-refractivity contribution in [2.75, 3.05) is 6.54 Å². The van der Waals surface area contributed by atoms with Gasteiger partial charge in [0.15, 0.2) is 11.7 Å². The van der Waals surface area contributed by atoms with Crippen LogP contribution in [0.3, 0.4) is 0 Å². The average molecular weight is 408 g/mol. The first-order chi connectivity index (χ1) is 13.5. The van der Waals surface area contributed by atoms with Gasteiger partial charge in [0.1, 0.15) is 17.4 Å². The van der Waals surface area contributed by atoms with Gasteiger partial charge in [0.25, 0.3) is 0 Å². The Kier molecular flexibility index (Phi) is 6.30. The lowest BCUT2D eigenvalue weighted by Gasteiger charge is -2.09. The van der Waals surface area contributed by atoms with E-state index in [2.05, 4.69) is 30.6 Å². The van der Waals surface area contributed by atoms with Crippen molar-refractivity contribution < 1.29 is 13.2 Å². The number of rotatable bonds is 6. The molecule has 0 radical (unpaired) electrons. The van der Waals surface area contributed by atoms with Crippen LogP contribution in [0.4, 0.5) is 13.2 Å². The summed E-state index contributed by atoms with van der Waals surface area (Å²) in [5.41, 5.74) is 1.05. The van der Waals surface area contributed by atoms with Crippen LogP contribution >= 0.6 is 11.3 Å². The summed E-state index contributed by atoms with van der Waals surface area (Å²) >= 11 is 0.957. The van der Waals surface area contributed by atoms with Gasteiger partial charge in [-0.05, 0) is 12.5 Å². The maximum absolute atomic E-state index is 12.6. The number of halogens is 3. The van der Waals surface area contributed by atoms with Crippen molar-refractivity contribution in [3.8, 4) is 11.3 Å². The van der Waals surface area contributed by atoms with Crippen LogP contribution in [0.15, 0.2) is 46.9 Å². The van der Waals surface area contributed by atoms with Crippen molar-refractivity contribution in [2.24, 2.45) is 4.99 Å². The molecule has 0 fully saturated rings. The molecular weight excluding hydrogens is 389 g/mol. The van der Waals surface area contributed by atoms with Crippen LogP contribution < -0.4 is 10.6 Å². The maximum atomic E-state index is 12.6. The quantitative estimate of drug-likeness (QED) is 0.428. The van der Waals surface area contributed by atoms with Crippen molar-refractivity contribution in [1.82, 2.24) is 25.6 Å². The predicted molar refractivity (Wildman–Crippen MR) is 103 cm³/mol. The minimum absolute atomic E-state index is 0.153. The van der Waals surface area contributed by atoms with Crippen molar-refractivity contribution >= 4 is 17.3 Å². The lowest BCUT2D eigenvalue weighted by atomic mass is 10.2. The molecule has 0 unspecified atom stereocenters. The van der Waals surface area contributed by atoms with Crippen molar-refractivity contribution in [1.29, 1.82) is 0 Å². The second-order valence-electron chi connectivity index (χ2n) is 5.78. The van der Waals surface area contributed by atoms with E-state index in [9.17, 15) is 13.2 Å². The van der Waals surface area contributed by atoms with Gasteiger partial charge in [0.2, 0.25) is 0 Å². The zero-order chi connectivity index (χ0) is 20.0. The largest absolute Gasteiger partial charge is 0.434 e. The van der Waals surface area contributed by atoms with Gasteiger partial charge in [-0.3, -0.25) is 0 Å². The molecule has 0 saturated heterocycles. The molecule has 0 amide bonds. The van der Waals surface area contributed by atoms with Gasteiger partial charge in [-0.25, -0.2) is 15.0 Å². The van der Waals surface area contributed by atoms with Gasteiger partial charge in [-0.2, -0.15) is 13.2 Å². The molecule has 3 aromatic rings. The number of imidazole rings is 1. The van der Waals surface area contributed by atoms with Crippen molar-refractivity contribution in [2.45, 2.75) is 26.2 Å². The van der Waals surface area contributed by atoms with E-state index in [1.54, 1.807) is 6.20 Å². The van der Waals surface area contributed by atoms with Crippen LogP contribution in [0.1, 0.15) is 23.4 Å². The number of nitrogens with one attached hydrogen (secondary N) is 3. The van der Waals surface area contributed by atoms with Crippen LogP contribution in [-0.4, -0.2) is 27.5 Å². The third-order valence-corrected chi connectivity index (χ3v) is 4.54. The second-order valence-corrected chi connectivity index (χ2v) is 6.73. The molecule has 10 heteroatoms. The number of aliphatic imine (C=N–C) groups is 1. The lowest BCUT2D eigenvalue weighted by molar-refractivity contribution is -0.140. The van der Waals surface area contributed by atoms with E-state index in [1.165, 1.54) is 0 Å². The number of H-pyrrole nitrogens is 1. The molecule has 2 heterocycles. The Morgan fingerprint density at radius 2 is 2.00 bits per heavy atom. The fraction of sp³-hybridized carbons (Fsp3) is 0.278. The molecule has 0 bridgehead atoms. The number of thiazole rings is 1. The number of hydrogen-bond acceptors (Lipinski definition) is 4. The fourth-order valence-corrected chi connectivity index (χ4v) is 3.13. The number of hydrogen-bond donors (Lipinski definition) is 3. The Bertz CT molecular complexity index is 917. The molecular formula is C18H19F3N6S. The average Bonchev–Trinajstić information content (AvgIpc) is 3.34. The van der Waals surface area contributed by atoms with Gasteiger partial charge < -0.3 is 15.6 Å². The van der Waals surface area contributed by atoms with Crippen LogP contribution in [0.5, 0.6) is 0 Å². The minimum atomic E-state index is -4.43. The normalized spacial score (nSPS) is 12.2. The molecule has 0 spiro atoms. The number of guanidine groups is 1. The standard InChI is InChI=1S/C18H19F3N6S/c1-2-22-17(25-10-16-27-14(11-28-16)18(19,20)21)24-9-15-23-8-13(26-15)12-6-4-3-5-7-12/h3-8,11H,2,9-10H2,1H3,(H,23,26)(H2,22,24,25). The van der Waals surface area contributed by atoms with Gasteiger partial charge >= 0.3 is 6.18 Å². The zero-order valence-electron chi connectivity index (χ0n) is 15.0. The zero-order valence-corrected chi connectivity index (χ0v) is 15.9. The summed E-state index contributed by atoms with van der Waals surface area (Å²) in [6, 6.07) is 9.80. The molecule has 0 aliphatic rings. The molecule has 1 aromatic carbocycles. The number of nitrogens with zero attached hydrogens (tertiary/aromatic N) is 3. The summed E-state index contributed by atoms with van der Waals surface area (Å²) in [5, 5.41) is 7.38. The van der Waals surface area contributed by atoms with E-state index >= 15 is 0 Å². The van der Waals surface area contributed by atoms with Crippen LogP contribution in [0.2, 0.25) is 0 Å². The smallest absolute Gasteiger partial charge is 0.357 e. The first-order valence-corrected chi connectivity index (χ1v) is 9.46. The first kappa shape index (κ1) is 19.9. The molecule has 148 valence electrons. The molecule has 28 heavy (non-hydrogen) atoms. The Hall–Kier alpha value is -2.88. The Balaban J connectivity index is 1.61. The highest BCUT2D eigenvalue weighted by molar-refractivity contribution is 7.09. The summed E-state index contributed by atoms with van der Waals surface area (Å²) in [4.78, 5) is 15.5. The highest BCUT2D eigenvalue weighted by Crippen LogP contribution is 2.29. The molecule has 0 atom stereocenters. The van der Waals surface area contributed by atoms with Gasteiger partial charge in [0.05, 0.1) is 18.4 Å². The summed E-state index contributed by atoms with van der Waals surface area (Å²) in [6.45, 7) is 2.97. The Morgan fingerprint density at radius 1 is 1.21 bits per heavy atom. The van der Waals surface area contributed by atoms with E-state index in [-0.39, 0.29) is 6.54 Å². The Labute approximate surface area is 164 Å². The number of aromatic amines is 1. The van der Waals surface area contributed by atoms with Gasteiger partial charge in [-0.1, -0.05) is 30.3 Å². The lowest BCUT2D eigenvalue weighted by Crippen LogP contribution is -2.36. The minimum Gasteiger partial charge on any atom is -0.357 e. The van der Waals surface area contributed by atoms with E-state index < -0.39 is 11.9 Å². The van der Waals surface area contributed by atoms with Gasteiger partial charge in [0, 0.05) is 11.9 Å². The summed E-state index contributed by atoms with van der Waals surface area (Å²) in [6.07, 6.45) is -2.68. The van der Waals surface area contributed by atoms with E-state index in [0.29, 0.717) is 29.9 Å². The topological polar surface area (TPSA) is 78.0 Å². The molecule has 3 rings (SSSR count). The van der Waals surface area contributed by atoms with E-state index in [1.807, 2.05) is 37.3 Å². The monoisotopic (exact) mass is 408 g/mol. The molecule has 0 aliphatic heterocycles. The second kappa shape index (κ2) is 8.87. The Morgan fingerprint density at radius 3 is 2.68 bits per heavy atom. The first-order valence-electron chi connectivity index (χ1n) is 8.58. The van der Waals surface area contributed by atoms with Crippen molar-refractivity contribution in [3.63, 3.8) is 0 Å². The SMILES string of the molecule is CCNC(=NCc1ncc(-c2ccccc2)[nH]1)NCc1nc(C(F)(F)F)cs1. The van der Waals surface area contributed by atoms with Gasteiger partial charge in [-0.15, -0.1) is 11.3 Å². The highest BCUT2D eigenvalue weighted by atomic mass is 32.1. The van der Waals surface area contributed by atoms with Crippen molar-refractivity contribution in [3.05, 3.63) is 58.4 Å².